The molecule has 0 unspecified atom stereocenters. The Morgan fingerprint density at radius 1 is 1.16 bits per heavy atom. The van der Waals surface area contributed by atoms with Crippen molar-refractivity contribution in [3.05, 3.63) is 64.7 Å². The Balaban J connectivity index is 1.38. The standard InChI is InChI=1S/C23H22N4O3S/c1-13(2)19(25-21(28)18-7-4-10-29-18)22-26-20(27-30-22)16-6-3-5-15(11-16)17-12-31-23(24-17)14-8-9-14/h3-7,10-14,19H,8-9H2,1-2H3,(H,25,28)/t19-/m0/s1. The Kier molecular flexibility index (Phi) is 5.15. The lowest BCUT2D eigenvalue weighted by molar-refractivity contribution is 0.0885. The number of carbonyl (C=O) groups is 1. The van der Waals surface area contributed by atoms with Crippen LogP contribution >= 0.6 is 11.3 Å². The van der Waals surface area contributed by atoms with Crippen LogP contribution in [0.3, 0.4) is 0 Å². The minimum Gasteiger partial charge on any atom is -0.459 e. The molecule has 1 amide bonds. The van der Waals surface area contributed by atoms with Crippen molar-refractivity contribution in [3.8, 4) is 22.6 Å². The van der Waals surface area contributed by atoms with E-state index in [-0.39, 0.29) is 17.6 Å². The van der Waals surface area contributed by atoms with E-state index in [1.54, 1.807) is 23.5 Å². The van der Waals surface area contributed by atoms with E-state index in [9.17, 15) is 4.79 Å². The first kappa shape index (κ1) is 19.7. The normalized spacial score (nSPS) is 14.7. The summed E-state index contributed by atoms with van der Waals surface area (Å²) in [7, 11) is 0. The van der Waals surface area contributed by atoms with Crippen molar-refractivity contribution in [1.82, 2.24) is 20.4 Å². The van der Waals surface area contributed by atoms with Crippen LogP contribution in [0.5, 0.6) is 0 Å². The SMILES string of the molecule is CC(C)[C@H](NC(=O)c1ccco1)c1nc(-c2cccc(-c3csc(C4CC4)n3)c2)no1. The van der Waals surface area contributed by atoms with Crippen molar-refractivity contribution in [2.45, 2.75) is 38.6 Å². The molecule has 8 heteroatoms. The molecule has 1 aliphatic carbocycles. The van der Waals surface area contributed by atoms with Gasteiger partial charge < -0.3 is 14.3 Å². The summed E-state index contributed by atoms with van der Waals surface area (Å²) in [6, 6.07) is 10.8. The van der Waals surface area contributed by atoms with E-state index in [0.717, 1.165) is 16.8 Å². The van der Waals surface area contributed by atoms with Gasteiger partial charge in [0.25, 0.3) is 5.91 Å². The number of thiazole rings is 1. The van der Waals surface area contributed by atoms with Crippen molar-refractivity contribution in [2.75, 3.05) is 0 Å². The molecule has 0 saturated heterocycles. The average Bonchev–Trinajstić information content (AvgIpc) is 3.22. The number of aromatic nitrogens is 3. The van der Waals surface area contributed by atoms with E-state index in [2.05, 4.69) is 20.8 Å². The van der Waals surface area contributed by atoms with Gasteiger partial charge in [-0.3, -0.25) is 4.79 Å². The summed E-state index contributed by atoms with van der Waals surface area (Å²) in [6.45, 7) is 3.97. The monoisotopic (exact) mass is 434 g/mol. The minimum absolute atomic E-state index is 0.0504. The number of hydrogen-bond donors (Lipinski definition) is 1. The Morgan fingerprint density at radius 2 is 2.00 bits per heavy atom. The Hall–Kier alpha value is -3.26. The van der Waals surface area contributed by atoms with Gasteiger partial charge in [-0.05, 0) is 37.0 Å². The van der Waals surface area contributed by atoms with Gasteiger partial charge in [-0.25, -0.2) is 4.98 Å². The molecule has 1 aliphatic rings. The number of nitrogens with one attached hydrogen (secondary N) is 1. The zero-order valence-electron chi connectivity index (χ0n) is 17.2. The van der Waals surface area contributed by atoms with E-state index >= 15 is 0 Å². The molecule has 0 bridgehead atoms. The maximum atomic E-state index is 12.4. The highest BCUT2D eigenvalue weighted by atomic mass is 32.1. The molecule has 5 rings (SSSR count). The van der Waals surface area contributed by atoms with Crippen LogP contribution in [0.4, 0.5) is 0 Å². The molecule has 1 fully saturated rings. The highest BCUT2D eigenvalue weighted by Crippen LogP contribution is 2.42. The number of amides is 1. The Bertz CT molecular complexity index is 1190. The van der Waals surface area contributed by atoms with Crippen LogP contribution in [0.25, 0.3) is 22.6 Å². The topological polar surface area (TPSA) is 94.1 Å². The average molecular weight is 435 g/mol. The number of hydrogen-bond acceptors (Lipinski definition) is 7. The first-order chi connectivity index (χ1) is 15.1. The highest BCUT2D eigenvalue weighted by Gasteiger charge is 2.28. The van der Waals surface area contributed by atoms with Gasteiger partial charge in [0.05, 0.1) is 17.0 Å². The fourth-order valence-corrected chi connectivity index (χ4v) is 4.37. The molecular weight excluding hydrogens is 412 g/mol. The summed E-state index contributed by atoms with van der Waals surface area (Å²) in [6.07, 6.45) is 3.95. The van der Waals surface area contributed by atoms with Gasteiger partial charge in [-0.15, -0.1) is 11.3 Å². The van der Waals surface area contributed by atoms with Crippen molar-refractivity contribution in [3.63, 3.8) is 0 Å². The van der Waals surface area contributed by atoms with Crippen LogP contribution in [0, 0.1) is 5.92 Å². The van der Waals surface area contributed by atoms with E-state index in [0.29, 0.717) is 17.6 Å². The van der Waals surface area contributed by atoms with Crippen molar-refractivity contribution < 1.29 is 13.7 Å². The zero-order chi connectivity index (χ0) is 21.4. The van der Waals surface area contributed by atoms with E-state index < -0.39 is 6.04 Å². The molecule has 4 aromatic rings. The molecule has 1 aromatic carbocycles. The summed E-state index contributed by atoms with van der Waals surface area (Å²) in [5.74, 6) is 1.46. The van der Waals surface area contributed by atoms with Crippen LogP contribution in [0.1, 0.15) is 60.1 Å². The largest absolute Gasteiger partial charge is 0.459 e. The van der Waals surface area contributed by atoms with Gasteiger partial charge in [0.1, 0.15) is 6.04 Å². The second kappa shape index (κ2) is 8.11. The van der Waals surface area contributed by atoms with Gasteiger partial charge in [0.15, 0.2) is 5.76 Å². The molecule has 3 heterocycles. The second-order valence-corrected chi connectivity index (χ2v) is 8.94. The van der Waals surface area contributed by atoms with Crippen LogP contribution < -0.4 is 5.32 Å². The smallest absolute Gasteiger partial charge is 0.287 e. The Morgan fingerprint density at radius 3 is 2.74 bits per heavy atom. The van der Waals surface area contributed by atoms with Gasteiger partial charge in [-0.1, -0.05) is 37.2 Å². The maximum Gasteiger partial charge on any atom is 0.287 e. The van der Waals surface area contributed by atoms with Crippen LogP contribution in [0.15, 0.2) is 57.0 Å². The number of carbonyl (C=O) groups excluding carboxylic acids is 1. The molecule has 158 valence electrons. The van der Waals surface area contributed by atoms with Gasteiger partial charge in [0.2, 0.25) is 11.7 Å². The number of furan rings is 1. The summed E-state index contributed by atoms with van der Waals surface area (Å²) >= 11 is 1.72. The first-order valence-corrected chi connectivity index (χ1v) is 11.2. The quantitative estimate of drug-likeness (QED) is 0.415. The molecule has 0 aliphatic heterocycles. The van der Waals surface area contributed by atoms with Crippen molar-refractivity contribution in [1.29, 1.82) is 0 Å². The lowest BCUT2D eigenvalue weighted by Crippen LogP contribution is -2.31. The van der Waals surface area contributed by atoms with Crippen LogP contribution in [0.2, 0.25) is 0 Å². The van der Waals surface area contributed by atoms with Crippen LogP contribution in [-0.4, -0.2) is 21.0 Å². The molecule has 3 aromatic heterocycles. The zero-order valence-corrected chi connectivity index (χ0v) is 18.1. The second-order valence-electron chi connectivity index (χ2n) is 8.05. The van der Waals surface area contributed by atoms with Crippen LogP contribution in [-0.2, 0) is 0 Å². The fraction of sp³-hybridized carbons (Fsp3) is 0.304. The van der Waals surface area contributed by atoms with E-state index in [4.69, 9.17) is 13.9 Å². The molecule has 7 nitrogen and oxygen atoms in total. The van der Waals surface area contributed by atoms with E-state index in [1.165, 1.54) is 24.1 Å². The summed E-state index contributed by atoms with van der Waals surface area (Å²) in [5.41, 5.74) is 2.84. The van der Waals surface area contributed by atoms with E-state index in [1.807, 2.05) is 38.1 Å². The number of nitrogens with zero attached hydrogens (tertiary/aromatic N) is 3. The molecule has 1 N–H and O–H groups in total. The molecule has 1 saturated carbocycles. The summed E-state index contributed by atoms with van der Waals surface area (Å²) < 4.78 is 10.7. The predicted octanol–water partition coefficient (Wildman–Crippen LogP) is 5.46. The molecule has 1 atom stereocenters. The third kappa shape index (κ3) is 4.16. The molecule has 31 heavy (non-hydrogen) atoms. The fourth-order valence-electron chi connectivity index (χ4n) is 3.37. The Labute approximate surface area is 183 Å². The van der Waals surface area contributed by atoms with Gasteiger partial charge in [-0.2, -0.15) is 4.98 Å². The minimum atomic E-state index is -0.429. The summed E-state index contributed by atoms with van der Waals surface area (Å²) in [4.78, 5) is 21.8. The highest BCUT2D eigenvalue weighted by molar-refractivity contribution is 7.10. The van der Waals surface area contributed by atoms with Gasteiger partial charge in [0, 0.05) is 22.4 Å². The lowest BCUT2D eigenvalue weighted by atomic mass is 10.0. The lowest BCUT2D eigenvalue weighted by Gasteiger charge is -2.17. The predicted molar refractivity (Wildman–Crippen MR) is 117 cm³/mol. The number of benzene rings is 1. The third-order valence-corrected chi connectivity index (χ3v) is 6.28. The third-order valence-electron chi connectivity index (χ3n) is 5.27. The maximum absolute atomic E-state index is 12.4. The summed E-state index contributed by atoms with van der Waals surface area (Å²) in [5, 5.41) is 10.4. The molecular formula is C23H22N4O3S. The van der Waals surface area contributed by atoms with Crippen molar-refractivity contribution >= 4 is 17.2 Å². The number of rotatable bonds is 7. The molecule has 0 spiro atoms. The van der Waals surface area contributed by atoms with Gasteiger partial charge >= 0.3 is 0 Å². The molecule has 0 radical (unpaired) electrons. The van der Waals surface area contributed by atoms with Crippen molar-refractivity contribution in [2.24, 2.45) is 5.92 Å². The first-order valence-electron chi connectivity index (χ1n) is 10.3.